The first kappa shape index (κ1) is 16.1. The largest absolute Gasteiger partial charge is 0.396 e. The Morgan fingerprint density at radius 1 is 1.22 bits per heavy atom. The van der Waals surface area contributed by atoms with Gasteiger partial charge in [-0.1, -0.05) is 43.3 Å². The third kappa shape index (κ3) is 3.98. The van der Waals surface area contributed by atoms with Gasteiger partial charge in [0.15, 0.2) is 0 Å². The second-order valence-corrected chi connectivity index (χ2v) is 6.69. The zero-order chi connectivity index (χ0) is 16.2. The van der Waals surface area contributed by atoms with E-state index in [4.69, 9.17) is 4.52 Å². The lowest BCUT2D eigenvalue weighted by molar-refractivity contribution is 0.119. The molecule has 5 heteroatoms. The summed E-state index contributed by atoms with van der Waals surface area (Å²) in [5, 5.41) is 13.3. The molecule has 0 atom stereocenters. The number of nitrogens with zero attached hydrogens (tertiary/aromatic N) is 3. The standard InChI is InChI=1S/C18H25N3O2/c1-13(2)15-3-5-16(6-4-15)18-19-17(23-20-18)11-21-9-7-14(12-22)8-10-21/h3-6,13-14,22H,7-12H2,1-2H3. The van der Waals surface area contributed by atoms with Crippen LogP contribution in [0.4, 0.5) is 0 Å². The molecule has 0 saturated carbocycles. The SMILES string of the molecule is CC(C)c1ccc(-c2noc(CN3CCC(CO)CC3)n2)cc1. The summed E-state index contributed by atoms with van der Waals surface area (Å²) in [5.74, 6) is 2.28. The van der Waals surface area contributed by atoms with Crippen LogP contribution in [0.1, 0.15) is 44.1 Å². The van der Waals surface area contributed by atoms with E-state index < -0.39 is 0 Å². The first-order valence-electron chi connectivity index (χ1n) is 8.42. The Morgan fingerprint density at radius 3 is 2.52 bits per heavy atom. The number of hydrogen-bond donors (Lipinski definition) is 1. The second kappa shape index (κ2) is 7.23. The van der Waals surface area contributed by atoms with Crippen molar-refractivity contribution in [1.29, 1.82) is 0 Å². The van der Waals surface area contributed by atoms with Gasteiger partial charge in [0.25, 0.3) is 0 Å². The van der Waals surface area contributed by atoms with Crippen LogP contribution in [0, 0.1) is 5.92 Å². The number of benzene rings is 1. The summed E-state index contributed by atoms with van der Waals surface area (Å²) in [7, 11) is 0. The minimum absolute atomic E-state index is 0.297. The quantitative estimate of drug-likeness (QED) is 0.919. The van der Waals surface area contributed by atoms with E-state index in [1.54, 1.807) is 0 Å². The highest BCUT2D eigenvalue weighted by molar-refractivity contribution is 5.54. The smallest absolute Gasteiger partial charge is 0.241 e. The predicted octanol–water partition coefficient (Wildman–Crippen LogP) is 3.06. The maximum absolute atomic E-state index is 9.19. The molecule has 1 fully saturated rings. The average Bonchev–Trinajstić information content (AvgIpc) is 3.04. The van der Waals surface area contributed by atoms with Crippen LogP contribution in [-0.2, 0) is 6.54 Å². The lowest BCUT2D eigenvalue weighted by atomic mass is 9.98. The average molecular weight is 315 g/mol. The van der Waals surface area contributed by atoms with E-state index in [2.05, 4.69) is 53.2 Å². The summed E-state index contributed by atoms with van der Waals surface area (Å²) in [6.45, 7) is 7.31. The molecule has 2 heterocycles. The van der Waals surface area contributed by atoms with E-state index in [9.17, 15) is 5.11 Å². The lowest BCUT2D eigenvalue weighted by Crippen LogP contribution is -2.34. The van der Waals surface area contributed by atoms with E-state index >= 15 is 0 Å². The fourth-order valence-corrected chi connectivity index (χ4v) is 2.97. The summed E-state index contributed by atoms with van der Waals surface area (Å²) in [4.78, 5) is 6.83. The Bertz CT molecular complexity index is 613. The van der Waals surface area contributed by atoms with E-state index in [-0.39, 0.29) is 0 Å². The van der Waals surface area contributed by atoms with Crippen LogP contribution in [0.25, 0.3) is 11.4 Å². The van der Waals surface area contributed by atoms with Gasteiger partial charge in [0.2, 0.25) is 11.7 Å². The molecule has 0 radical (unpaired) electrons. The van der Waals surface area contributed by atoms with Crippen LogP contribution in [0.2, 0.25) is 0 Å². The summed E-state index contributed by atoms with van der Waals surface area (Å²) in [5.41, 5.74) is 2.30. The van der Waals surface area contributed by atoms with Crippen molar-refractivity contribution in [3.8, 4) is 11.4 Å². The van der Waals surface area contributed by atoms with Crippen molar-refractivity contribution in [2.45, 2.75) is 39.2 Å². The molecule has 1 aromatic heterocycles. The van der Waals surface area contributed by atoms with Gasteiger partial charge in [-0.3, -0.25) is 4.90 Å². The first-order chi connectivity index (χ1) is 11.2. The van der Waals surface area contributed by atoms with Crippen molar-refractivity contribution < 1.29 is 9.63 Å². The predicted molar refractivity (Wildman–Crippen MR) is 88.9 cm³/mol. The summed E-state index contributed by atoms with van der Waals surface area (Å²) >= 11 is 0. The number of likely N-dealkylation sites (tertiary alicyclic amines) is 1. The fraction of sp³-hybridized carbons (Fsp3) is 0.556. The van der Waals surface area contributed by atoms with Gasteiger partial charge in [-0.25, -0.2) is 0 Å². The minimum Gasteiger partial charge on any atom is -0.396 e. The number of hydrogen-bond acceptors (Lipinski definition) is 5. The molecule has 0 amide bonds. The molecule has 2 aromatic rings. The van der Waals surface area contributed by atoms with E-state index in [1.165, 1.54) is 5.56 Å². The summed E-state index contributed by atoms with van der Waals surface area (Å²) in [6, 6.07) is 8.35. The topological polar surface area (TPSA) is 62.4 Å². The Labute approximate surface area is 137 Å². The van der Waals surface area contributed by atoms with Crippen molar-refractivity contribution in [2.24, 2.45) is 5.92 Å². The van der Waals surface area contributed by atoms with Crippen molar-refractivity contribution in [3.05, 3.63) is 35.7 Å². The molecule has 1 aliphatic heterocycles. The molecule has 0 bridgehead atoms. The molecule has 0 spiro atoms. The van der Waals surface area contributed by atoms with Crippen LogP contribution >= 0.6 is 0 Å². The number of aliphatic hydroxyl groups excluding tert-OH is 1. The van der Waals surface area contributed by atoms with Gasteiger partial charge in [-0.2, -0.15) is 4.98 Å². The molecule has 1 N–H and O–H groups in total. The highest BCUT2D eigenvalue weighted by Crippen LogP contribution is 2.22. The molecule has 1 aliphatic rings. The molecule has 23 heavy (non-hydrogen) atoms. The van der Waals surface area contributed by atoms with Gasteiger partial charge in [0, 0.05) is 12.2 Å². The van der Waals surface area contributed by atoms with Gasteiger partial charge in [-0.05, 0) is 43.3 Å². The molecular weight excluding hydrogens is 290 g/mol. The van der Waals surface area contributed by atoms with Gasteiger partial charge in [0.1, 0.15) is 0 Å². The van der Waals surface area contributed by atoms with Crippen molar-refractivity contribution in [1.82, 2.24) is 15.0 Å². The monoisotopic (exact) mass is 315 g/mol. The molecule has 124 valence electrons. The van der Waals surface area contributed by atoms with Crippen LogP contribution in [0.5, 0.6) is 0 Å². The molecule has 0 aliphatic carbocycles. The van der Waals surface area contributed by atoms with Crippen LogP contribution in [0.3, 0.4) is 0 Å². The van der Waals surface area contributed by atoms with Gasteiger partial charge < -0.3 is 9.63 Å². The van der Waals surface area contributed by atoms with Crippen LogP contribution in [0.15, 0.2) is 28.8 Å². The molecule has 5 nitrogen and oxygen atoms in total. The zero-order valence-electron chi connectivity index (χ0n) is 13.9. The maximum Gasteiger partial charge on any atom is 0.241 e. The highest BCUT2D eigenvalue weighted by Gasteiger charge is 2.20. The minimum atomic E-state index is 0.297. The van der Waals surface area contributed by atoms with Crippen LogP contribution < -0.4 is 0 Å². The van der Waals surface area contributed by atoms with Crippen molar-refractivity contribution in [2.75, 3.05) is 19.7 Å². The Hall–Kier alpha value is -1.72. The Morgan fingerprint density at radius 2 is 1.91 bits per heavy atom. The molecular formula is C18H25N3O2. The number of rotatable bonds is 5. The van der Waals surface area contributed by atoms with Gasteiger partial charge in [-0.15, -0.1) is 0 Å². The zero-order valence-corrected chi connectivity index (χ0v) is 13.9. The Balaban J connectivity index is 1.62. The fourth-order valence-electron chi connectivity index (χ4n) is 2.97. The first-order valence-corrected chi connectivity index (χ1v) is 8.42. The molecule has 1 aromatic carbocycles. The second-order valence-electron chi connectivity index (χ2n) is 6.69. The lowest BCUT2D eigenvalue weighted by Gasteiger charge is -2.29. The molecule has 3 rings (SSSR count). The number of aliphatic hydroxyl groups is 1. The summed E-state index contributed by atoms with van der Waals surface area (Å²) < 4.78 is 5.40. The third-order valence-electron chi connectivity index (χ3n) is 4.63. The number of aromatic nitrogens is 2. The third-order valence-corrected chi connectivity index (χ3v) is 4.63. The van der Waals surface area contributed by atoms with E-state index in [0.717, 1.165) is 31.5 Å². The molecule has 1 saturated heterocycles. The van der Waals surface area contributed by atoms with Gasteiger partial charge in [0.05, 0.1) is 6.54 Å². The van der Waals surface area contributed by atoms with Gasteiger partial charge >= 0.3 is 0 Å². The Kier molecular flexibility index (Phi) is 5.08. The summed E-state index contributed by atoms with van der Waals surface area (Å²) in [6.07, 6.45) is 2.07. The number of piperidine rings is 1. The maximum atomic E-state index is 9.19. The van der Waals surface area contributed by atoms with E-state index in [0.29, 0.717) is 36.7 Å². The normalized spacial score (nSPS) is 17.0. The molecule has 0 unspecified atom stereocenters. The van der Waals surface area contributed by atoms with Crippen LogP contribution in [-0.4, -0.2) is 39.8 Å². The van der Waals surface area contributed by atoms with Crippen molar-refractivity contribution in [3.63, 3.8) is 0 Å². The highest BCUT2D eigenvalue weighted by atomic mass is 16.5. The van der Waals surface area contributed by atoms with Crippen molar-refractivity contribution >= 4 is 0 Å². The van der Waals surface area contributed by atoms with E-state index in [1.807, 2.05) is 0 Å².